The molecule has 0 spiro atoms. The number of carbonyl (C=O) groups excluding carboxylic acids is 1. The molecule has 10 nitrogen and oxygen atoms in total. The summed E-state index contributed by atoms with van der Waals surface area (Å²) in [5, 5.41) is 2.70. The number of piperazine rings is 1. The molecule has 0 aliphatic carbocycles. The third-order valence-corrected chi connectivity index (χ3v) is 8.56. The second kappa shape index (κ2) is 9.40. The lowest BCUT2D eigenvalue weighted by Gasteiger charge is -2.33. The zero-order valence-corrected chi connectivity index (χ0v) is 18.9. The van der Waals surface area contributed by atoms with Gasteiger partial charge in [0.1, 0.15) is 4.90 Å². The van der Waals surface area contributed by atoms with Crippen LogP contribution in [0.3, 0.4) is 0 Å². The molecule has 12 heteroatoms. The molecule has 2 aromatic rings. The van der Waals surface area contributed by atoms with Gasteiger partial charge in [-0.05, 0) is 30.3 Å². The standard InChI is InChI=1S/C19H25N5O5S2/c1-22(2)30(26,27)17-6-3-5-16(13-17)21-19(25)15-23-9-11-24(12-10-23)31(28,29)18-7-4-8-20-14-18/h3-8,13-14H,9-12,15H2,1-2H3,(H,21,25). The van der Waals surface area contributed by atoms with Crippen molar-refractivity contribution < 1.29 is 21.6 Å². The van der Waals surface area contributed by atoms with Crippen molar-refractivity contribution in [1.29, 1.82) is 0 Å². The third-order valence-electron chi connectivity index (χ3n) is 4.87. The number of pyridine rings is 1. The molecule has 168 valence electrons. The van der Waals surface area contributed by atoms with Gasteiger partial charge in [0.05, 0.1) is 11.4 Å². The molecule has 1 aliphatic rings. The highest BCUT2D eigenvalue weighted by molar-refractivity contribution is 7.89. The van der Waals surface area contributed by atoms with Crippen molar-refractivity contribution in [2.24, 2.45) is 0 Å². The van der Waals surface area contributed by atoms with Crippen LogP contribution < -0.4 is 5.32 Å². The molecule has 0 saturated carbocycles. The van der Waals surface area contributed by atoms with Gasteiger partial charge in [0.25, 0.3) is 0 Å². The van der Waals surface area contributed by atoms with Gasteiger partial charge >= 0.3 is 0 Å². The van der Waals surface area contributed by atoms with Gasteiger partial charge in [0.2, 0.25) is 26.0 Å². The molecule has 1 amide bonds. The molecule has 2 heterocycles. The van der Waals surface area contributed by atoms with Crippen LogP contribution in [0, 0.1) is 0 Å². The molecule has 1 aromatic carbocycles. The number of anilines is 1. The van der Waals surface area contributed by atoms with Crippen molar-refractivity contribution in [1.82, 2.24) is 18.5 Å². The summed E-state index contributed by atoms with van der Waals surface area (Å²) in [5.41, 5.74) is 0.380. The Morgan fingerprint density at radius 2 is 1.71 bits per heavy atom. The minimum absolute atomic E-state index is 0.0748. The molecular formula is C19H25N5O5S2. The fourth-order valence-electron chi connectivity index (χ4n) is 3.13. The number of rotatable bonds is 7. The number of hydrogen-bond acceptors (Lipinski definition) is 7. The summed E-state index contributed by atoms with van der Waals surface area (Å²) >= 11 is 0. The Morgan fingerprint density at radius 3 is 2.32 bits per heavy atom. The van der Waals surface area contributed by atoms with E-state index in [-0.39, 0.29) is 35.3 Å². The lowest BCUT2D eigenvalue weighted by molar-refractivity contribution is -0.117. The molecule has 0 atom stereocenters. The smallest absolute Gasteiger partial charge is 0.244 e. The average Bonchev–Trinajstić information content (AvgIpc) is 2.74. The molecule has 1 aliphatic heterocycles. The highest BCUT2D eigenvalue weighted by Gasteiger charge is 2.29. The van der Waals surface area contributed by atoms with E-state index in [4.69, 9.17) is 0 Å². The van der Waals surface area contributed by atoms with Gasteiger partial charge in [0.15, 0.2) is 0 Å². The van der Waals surface area contributed by atoms with E-state index in [1.807, 2.05) is 4.90 Å². The molecule has 0 unspecified atom stereocenters. The van der Waals surface area contributed by atoms with Crippen LogP contribution in [-0.4, -0.2) is 88.1 Å². The van der Waals surface area contributed by atoms with Gasteiger partial charge in [-0.15, -0.1) is 0 Å². The molecule has 3 rings (SSSR count). The predicted molar refractivity (Wildman–Crippen MR) is 115 cm³/mol. The molecule has 1 aromatic heterocycles. The summed E-state index contributed by atoms with van der Waals surface area (Å²) in [4.78, 5) is 18.4. The van der Waals surface area contributed by atoms with Crippen LogP contribution >= 0.6 is 0 Å². The molecule has 1 saturated heterocycles. The summed E-state index contributed by atoms with van der Waals surface area (Å²) in [6, 6.07) is 9.14. The zero-order valence-electron chi connectivity index (χ0n) is 17.3. The minimum atomic E-state index is -3.61. The number of amides is 1. The Kier molecular flexibility index (Phi) is 7.06. The number of sulfonamides is 2. The van der Waals surface area contributed by atoms with Crippen molar-refractivity contribution in [3.8, 4) is 0 Å². The maximum atomic E-state index is 12.7. The Labute approximate surface area is 182 Å². The van der Waals surface area contributed by atoms with E-state index in [2.05, 4.69) is 10.3 Å². The number of nitrogens with zero attached hydrogens (tertiary/aromatic N) is 4. The van der Waals surface area contributed by atoms with Crippen molar-refractivity contribution >= 4 is 31.6 Å². The van der Waals surface area contributed by atoms with Crippen LogP contribution in [0.2, 0.25) is 0 Å². The van der Waals surface area contributed by atoms with Gasteiger partial charge in [-0.3, -0.25) is 14.7 Å². The van der Waals surface area contributed by atoms with Crippen LogP contribution in [0.15, 0.2) is 58.6 Å². The summed E-state index contributed by atoms with van der Waals surface area (Å²) in [7, 11) is -4.33. The third kappa shape index (κ3) is 5.46. The van der Waals surface area contributed by atoms with Gasteiger partial charge in [-0.25, -0.2) is 21.1 Å². The largest absolute Gasteiger partial charge is 0.325 e. The summed E-state index contributed by atoms with van der Waals surface area (Å²) in [5.74, 6) is -0.303. The summed E-state index contributed by atoms with van der Waals surface area (Å²) in [6.07, 6.45) is 2.83. The van der Waals surface area contributed by atoms with E-state index < -0.39 is 20.0 Å². The SMILES string of the molecule is CN(C)S(=O)(=O)c1cccc(NC(=O)CN2CCN(S(=O)(=O)c3cccnc3)CC2)c1. The van der Waals surface area contributed by atoms with E-state index in [1.165, 1.54) is 49.0 Å². The number of hydrogen-bond donors (Lipinski definition) is 1. The van der Waals surface area contributed by atoms with Crippen molar-refractivity contribution in [3.63, 3.8) is 0 Å². The van der Waals surface area contributed by atoms with E-state index >= 15 is 0 Å². The second-order valence-corrected chi connectivity index (χ2v) is 11.3. The molecule has 1 fully saturated rings. The normalized spacial score (nSPS) is 16.4. The monoisotopic (exact) mass is 467 g/mol. The Bertz CT molecular complexity index is 1130. The first-order chi connectivity index (χ1) is 14.6. The lowest BCUT2D eigenvalue weighted by atomic mass is 10.3. The maximum absolute atomic E-state index is 12.7. The Balaban J connectivity index is 1.56. The quantitative estimate of drug-likeness (QED) is 0.621. The highest BCUT2D eigenvalue weighted by atomic mass is 32.2. The number of carbonyl (C=O) groups is 1. The first kappa shape index (κ1) is 23.3. The average molecular weight is 468 g/mol. The fourth-order valence-corrected chi connectivity index (χ4v) is 5.46. The van der Waals surface area contributed by atoms with Gasteiger partial charge in [-0.2, -0.15) is 4.31 Å². The van der Waals surface area contributed by atoms with Crippen LogP contribution in [-0.2, 0) is 24.8 Å². The Morgan fingerprint density at radius 1 is 1.03 bits per heavy atom. The van der Waals surface area contributed by atoms with E-state index in [9.17, 15) is 21.6 Å². The lowest BCUT2D eigenvalue weighted by Crippen LogP contribution is -2.50. The van der Waals surface area contributed by atoms with Gasteiger partial charge in [-0.1, -0.05) is 6.07 Å². The van der Waals surface area contributed by atoms with Gasteiger partial charge < -0.3 is 5.32 Å². The predicted octanol–water partition coefficient (Wildman–Crippen LogP) is 0.277. The van der Waals surface area contributed by atoms with Gasteiger partial charge in [0, 0.05) is 58.4 Å². The van der Waals surface area contributed by atoms with E-state index in [0.717, 1.165) is 4.31 Å². The van der Waals surface area contributed by atoms with E-state index in [0.29, 0.717) is 18.8 Å². The first-order valence-corrected chi connectivity index (χ1v) is 12.4. The van der Waals surface area contributed by atoms with E-state index in [1.54, 1.807) is 18.2 Å². The topological polar surface area (TPSA) is 120 Å². The summed E-state index contributed by atoms with van der Waals surface area (Å²) < 4.78 is 52.3. The van der Waals surface area contributed by atoms with Crippen molar-refractivity contribution in [2.75, 3.05) is 52.1 Å². The van der Waals surface area contributed by atoms with Crippen molar-refractivity contribution in [2.45, 2.75) is 9.79 Å². The van der Waals surface area contributed by atoms with Crippen LogP contribution in [0.25, 0.3) is 0 Å². The number of benzene rings is 1. The molecule has 1 N–H and O–H groups in total. The molecule has 0 bridgehead atoms. The molecule has 0 radical (unpaired) electrons. The maximum Gasteiger partial charge on any atom is 0.244 e. The van der Waals surface area contributed by atoms with Crippen molar-refractivity contribution in [3.05, 3.63) is 48.8 Å². The highest BCUT2D eigenvalue weighted by Crippen LogP contribution is 2.19. The fraction of sp³-hybridized carbons (Fsp3) is 0.368. The first-order valence-electron chi connectivity index (χ1n) is 9.56. The number of nitrogens with one attached hydrogen (secondary N) is 1. The summed E-state index contributed by atoms with van der Waals surface area (Å²) in [6.45, 7) is 1.41. The second-order valence-electron chi connectivity index (χ2n) is 7.23. The Hall–Kier alpha value is -2.38. The minimum Gasteiger partial charge on any atom is -0.325 e. The zero-order chi connectivity index (χ0) is 22.6. The molecule has 31 heavy (non-hydrogen) atoms. The van der Waals surface area contributed by atoms with Crippen LogP contribution in [0.1, 0.15) is 0 Å². The number of aromatic nitrogens is 1. The van der Waals surface area contributed by atoms with Crippen LogP contribution in [0.5, 0.6) is 0 Å². The molecular weight excluding hydrogens is 442 g/mol. The van der Waals surface area contributed by atoms with Crippen LogP contribution in [0.4, 0.5) is 5.69 Å².